The first-order chi connectivity index (χ1) is 15.1. The van der Waals surface area contributed by atoms with Crippen LogP contribution >= 0.6 is 0 Å². The van der Waals surface area contributed by atoms with Crippen molar-refractivity contribution in [3.8, 4) is 5.75 Å². The number of nitrogens with zero attached hydrogens (tertiary/aromatic N) is 2. The number of nitrogens with one attached hydrogen (secondary N) is 1. The summed E-state index contributed by atoms with van der Waals surface area (Å²) in [7, 11) is -3.66. The molecule has 2 aromatic rings. The molecule has 4 rings (SSSR count). The first-order valence-electron chi connectivity index (χ1n) is 10.5. The Morgan fingerprint density at radius 3 is 2.22 bits per heavy atom. The van der Waals surface area contributed by atoms with Crippen LogP contribution in [0.4, 0.5) is 5.69 Å². The van der Waals surface area contributed by atoms with Gasteiger partial charge in [0, 0.05) is 31.7 Å². The standard InChI is InChI=1S/C23H27N3O5S/c1-14-11-15(2)17(4)22(16(14)3)32(29,30)26-9-7-25(8-10-26)23(28)18-5-6-19-20(12-18)31-13-21(27)24-19/h5-6,11-12H,7-10,13H2,1-4H3,(H,24,27). The van der Waals surface area contributed by atoms with Gasteiger partial charge in [0.2, 0.25) is 10.0 Å². The van der Waals surface area contributed by atoms with Gasteiger partial charge in [-0.3, -0.25) is 9.59 Å². The van der Waals surface area contributed by atoms with E-state index in [1.165, 1.54) is 4.31 Å². The van der Waals surface area contributed by atoms with E-state index in [1.807, 2.05) is 33.8 Å². The van der Waals surface area contributed by atoms with Crippen LogP contribution in [-0.2, 0) is 14.8 Å². The summed E-state index contributed by atoms with van der Waals surface area (Å²) in [5.74, 6) is 0.0322. The Kier molecular flexibility index (Phi) is 5.72. The number of benzene rings is 2. The van der Waals surface area contributed by atoms with Gasteiger partial charge in [-0.15, -0.1) is 0 Å². The van der Waals surface area contributed by atoms with Crippen molar-refractivity contribution < 1.29 is 22.7 Å². The Morgan fingerprint density at radius 2 is 1.59 bits per heavy atom. The van der Waals surface area contributed by atoms with Crippen molar-refractivity contribution in [2.24, 2.45) is 0 Å². The van der Waals surface area contributed by atoms with Crippen LogP contribution < -0.4 is 10.1 Å². The van der Waals surface area contributed by atoms with Crippen LogP contribution in [0.3, 0.4) is 0 Å². The van der Waals surface area contributed by atoms with E-state index in [1.54, 1.807) is 23.1 Å². The lowest BCUT2D eigenvalue weighted by molar-refractivity contribution is -0.118. The fourth-order valence-electron chi connectivity index (χ4n) is 4.22. The minimum absolute atomic E-state index is 0.0849. The van der Waals surface area contributed by atoms with Crippen molar-refractivity contribution in [2.75, 3.05) is 38.1 Å². The summed E-state index contributed by atoms with van der Waals surface area (Å²) in [6.07, 6.45) is 0. The third-order valence-corrected chi connectivity index (χ3v) is 8.46. The fraction of sp³-hybridized carbons (Fsp3) is 0.391. The van der Waals surface area contributed by atoms with Crippen molar-refractivity contribution in [3.63, 3.8) is 0 Å². The predicted molar refractivity (Wildman–Crippen MR) is 121 cm³/mol. The zero-order chi connectivity index (χ0) is 23.2. The van der Waals surface area contributed by atoms with Crippen molar-refractivity contribution >= 4 is 27.5 Å². The molecule has 0 saturated carbocycles. The maximum atomic E-state index is 13.4. The second-order valence-electron chi connectivity index (χ2n) is 8.33. The average molecular weight is 458 g/mol. The number of hydrogen-bond acceptors (Lipinski definition) is 5. The lowest BCUT2D eigenvalue weighted by Crippen LogP contribution is -2.50. The van der Waals surface area contributed by atoms with Gasteiger partial charge in [0.05, 0.1) is 10.6 Å². The maximum absolute atomic E-state index is 13.4. The second-order valence-corrected chi connectivity index (χ2v) is 10.2. The SMILES string of the molecule is Cc1cc(C)c(C)c(S(=O)(=O)N2CCN(C(=O)c3ccc4c(c3)OCC(=O)N4)CC2)c1C. The van der Waals surface area contributed by atoms with E-state index in [0.717, 1.165) is 22.3 Å². The number of carbonyl (C=O) groups excluding carboxylic acids is 2. The molecular formula is C23H27N3O5S. The van der Waals surface area contributed by atoms with Gasteiger partial charge in [0.1, 0.15) is 5.75 Å². The molecule has 1 saturated heterocycles. The Balaban J connectivity index is 1.50. The minimum atomic E-state index is -3.66. The van der Waals surface area contributed by atoms with Crippen LogP contribution in [0.1, 0.15) is 32.6 Å². The van der Waals surface area contributed by atoms with E-state index in [9.17, 15) is 18.0 Å². The van der Waals surface area contributed by atoms with E-state index in [0.29, 0.717) is 35.0 Å². The fourth-order valence-corrected chi connectivity index (χ4v) is 6.22. The number of piperazine rings is 1. The zero-order valence-electron chi connectivity index (χ0n) is 18.7. The zero-order valence-corrected chi connectivity index (χ0v) is 19.5. The lowest BCUT2D eigenvalue weighted by atomic mass is 10.0. The van der Waals surface area contributed by atoms with Crippen molar-refractivity contribution in [1.82, 2.24) is 9.21 Å². The van der Waals surface area contributed by atoms with Gasteiger partial charge in [-0.25, -0.2) is 8.42 Å². The third-order valence-electron chi connectivity index (χ3n) is 6.28. The molecule has 0 spiro atoms. The van der Waals surface area contributed by atoms with Crippen LogP contribution in [0.2, 0.25) is 0 Å². The molecule has 0 bridgehead atoms. The van der Waals surface area contributed by atoms with Gasteiger partial charge in [-0.05, 0) is 68.1 Å². The first kappa shape index (κ1) is 22.3. The minimum Gasteiger partial charge on any atom is -0.482 e. The van der Waals surface area contributed by atoms with Crippen LogP contribution in [0, 0.1) is 27.7 Å². The number of aryl methyl sites for hydroxylation is 2. The maximum Gasteiger partial charge on any atom is 0.262 e. The molecule has 2 aliphatic rings. The highest BCUT2D eigenvalue weighted by Crippen LogP contribution is 2.31. The number of hydrogen-bond donors (Lipinski definition) is 1. The molecule has 9 heteroatoms. The van der Waals surface area contributed by atoms with Gasteiger partial charge in [-0.1, -0.05) is 6.07 Å². The molecule has 0 unspecified atom stereocenters. The summed E-state index contributed by atoms with van der Waals surface area (Å²) in [5.41, 5.74) is 4.42. The number of anilines is 1. The molecule has 0 radical (unpaired) electrons. The Bertz CT molecular complexity index is 1190. The molecule has 1 N–H and O–H groups in total. The molecule has 0 atom stereocenters. The van der Waals surface area contributed by atoms with E-state index >= 15 is 0 Å². The molecule has 170 valence electrons. The summed E-state index contributed by atoms with van der Waals surface area (Å²) in [6.45, 7) is 8.51. The van der Waals surface area contributed by atoms with E-state index in [-0.39, 0.29) is 31.5 Å². The Labute approximate surface area is 188 Å². The molecule has 2 aliphatic heterocycles. The van der Waals surface area contributed by atoms with Crippen molar-refractivity contribution in [3.05, 3.63) is 52.1 Å². The van der Waals surface area contributed by atoms with E-state index < -0.39 is 10.0 Å². The van der Waals surface area contributed by atoms with Crippen molar-refractivity contribution in [2.45, 2.75) is 32.6 Å². The third kappa shape index (κ3) is 3.86. The monoisotopic (exact) mass is 457 g/mol. The summed E-state index contributed by atoms with van der Waals surface area (Å²) in [6, 6.07) is 6.91. The molecule has 1 fully saturated rings. The van der Waals surface area contributed by atoms with E-state index in [2.05, 4.69) is 5.32 Å². The number of amides is 2. The quantitative estimate of drug-likeness (QED) is 0.764. The Morgan fingerprint density at radius 1 is 0.969 bits per heavy atom. The highest BCUT2D eigenvalue weighted by Gasteiger charge is 2.33. The normalized spacial score (nSPS) is 16.9. The van der Waals surface area contributed by atoms with Gasteiger partial charge < -0.3 is 15.0 Å². The first-order valence-corrected chi connectivity index (χ1v) is 12.0. The van der Waals surface area contributed by atoms with Gasteiger partial charge >= 0.3 is 0 Å². The van der Waals surface area contributed by atoms with Crippen LogP contribution in [-0.4, -0.2) is 62.2 Å². The summed E-state index contributed by atoms with van der Waals surface area (Å²) in [4.78, 5) is 26.4. The number of ether oxygens (including phenoxy) is 1. The van der Waals surface area contributed by atoms with E-state index in [4.69, 9.17) is 4.74 Å². The van der Waals surface area contributed by atoms with Crippen molar-refractivity contribution in [1.29, 1.82) is 0 Å². The van der Waals surface area contributed by atoms with Crippen LogP contribution in [0.5, 0.6) is 5.75 Å². The highest BCUT2D eigenvalue weighted by molar-refractivity contribution is 7.89. The molecule has 32 heavy (non-hydrogen) atoms. The number of fused-ring (bicyclic) bond motifs is 1. The Hall–Kier alpha value is -2.91. The molecule has 2 aromatic carbocycles. The summed E-state index contributed by atoms with van der Waals surface area (Å²) in [5, 5.41) is 2.70. The predicted octanol–water partition coefficient (Wildman–Crippen LogP) is 2.40. The number of sulfonamides is 1. The van der Waals surface area contributed by atoms with Gasteiger partial charge in [-0.2, -0.15) is 4.31 Å². The summed E-state index contributed by atoms with van der Waals surface area (Å²) >= 11 is 0. The van der Waals surface area contributed by atoms with Gasteiger partial charge in [0.25, 0.3) is 11.8 Å². The molecule has 0 aliphatic carbocycles. The van der Waals surface area contributed by atoms with Crippen LogP contribution in [0.25, 0.3) is 0 Å². The molecule has 8 nitrogen and oxygen atoms in total. The summed E-state index contributed by atoms with van der Waals surface area (Å²) < 4.78 is 33.7. The molecule has 0 aromatic heterocycles. The number of carbonyl (C=O) groups is 2. The largest absolute Gasteiger partial charge is 0.482 e. The molecular weight excluding hydrogens is 430 g/mol. The second kappa shape index (κ2) is 8.22. The average Bonchev–Trinajstić information content (AvgIpc) is 2.77. The lowest BCUT2D eigenvalue weighted by Gasteiger charge is -2.35. The van der Waals surface area contributed by atoms with Crippen LogP contribution in [0.15, 0.2) is 29.2 Å². The molecule has 2 heterocycles. The van der Waals surface area contributed by atoms with Gasteiger partial charge in [0.15, 0.2) is 6.61 Å². The molecule has 2 amide bonds. The topological polar surface area (TPSA) is 96.0 Å². The number of rotatable bonds is 3. The smallest absolute Gasteiger partial charge is 0.262 e. The highest BCUT2D eigenvalue weighted by atomic mass is 32.2.